The summed E-state index contributed by atoms with van der Waals surface area (Å²) in [7, 11) is 0. The molecule has 20 heavy (non-hydrogen) atoms. The van der Waals surface area contributed by atoms with E-state index in [1.165, 1.54) is 12.8 Å². The quantitative estimate of drug-likeness (QED) is 0.661. The predicted molar refractivity (Wildman–Crippen MR) is 75.7 cm³/mol. The molecule has 1 fully saturated rings. The Kier molecular flexibility index (Phi) is 5.16. The molecule has 1 aliphatic carbocycles. The van der Waals surface area contributed by atoms with Crippen molar-refractivity contribution in [2.75, 3.05) is 6.61 Å². The van der Waals surface area contributed by atoms with Crippen molar-refractivity contribution < 1.29 is 9.26 Å². The summed E-state index contributed by atoms with van der Waals surface area (Å²) in [6.45, 7) is 2.64. The minimum absolute atomic E-state index is 0.392. The molecule has 2 N–H and O–H groups in total. The number of hydrogen-bond acceptors (Lipinski definition) is 5. The summed E-state index contributed by atoms with van der Waals surface area (Å²) < 4.78 is 11.3. The van der Waals surface area contributed by atoms with Gasteiger partial charge >= 0.3 is 0 Å². The van der Waals surface area contributed by atoms with Crippen molar-refractivity contribution in [1.29, 1.82) is 0 Å². The number of hydrogen-bond donors (Lipinski definition) is 1. The van der Waals surface area contributed by atoms with Crippen molar-refractivity contribution in [3.05, 3.63) is 11.7 Å². The summed E-state index contributed by atoms with van der Waals surface area (Å²) in [4.78, 5) is 4.46. The summed E-state index contributed by atoms with van der Waals surface area (Å²) in [6.07, 6.45) is 12.2. The molecule has 0 bridgehead atoms. The van der Waals surface area contributed by atoms with Crippen LogP contribution in [0, 0.1) is 12.3 Å². The number of aromatic nitrogens is 2. The average molecular weight is 277 g/mol. The zero-order valence-electron chi connectivity index (χ0n) is 12.1. The van der Waals surface area contributed by atoms with E-state index >= 15 is 0 Å². The summed E-state index contributed by atoms with van der Waals surface area (Å²) >= 11 is 0. The van der Waals surface area contributed by atoms with E-state index in [2.05, 4.69) is 16.1 Å². The SMILES string of the molecule is C#CCC(N)c1nc(C2(OCC)CCCCCC2)no1. The van der Waals surface area contributed by atoms with Crippen LogP contribution in [0.15, 0.2) is 4.52 Å². The lowest BCUT2D eigenvalue weighted by molar-refractivity contribution is -0.0636. The average Bonchev–Trinajstić information content (AvgIpc) is 2.82. The Morgan fingerprint density at radius 1 is 1.40 bits per heavy atom. The third-order valence-electron chi connectivity index (χ3n) is 3.84. The van der Waals surface area contributed by atoms with Crippen LogP contribution >= 0.6 is 0 Å². The second kappa shape index (κ2) is 6.87. The molecule has 1 aromatic heterocycles. The van der Waals surface area contributed by atoms with Crippen molar-refractivity contribution in [1.82, 2.24) is 10.1 Å². The van der Waals surface area contributed by atoms with Crippen LogP contribution in [0.25, 0.3) is 0 Å². The first-order valence-corrected chi connectivity index (χ1v) is 7.39. The molecule has 1 saturated carbocycles. The maximum atomic E-state index is 6.02. The fraction of sp³-hybridized carbons (Fsp3) is 0.733. The third-order valence-corrected chi connectivity index (χ3v) is 3.84. The molecule has 1 heterocycles. The molecule has 1 aromatic rings. The van der Waals surface area contributed by atoms with Gasteiger partial charge in [0.1, 0.15) is 5.60 Å². The van der Waals surface area contributed by atoms with Crippen LogP contribution in [0.1, 0.15) is 69.6 Å². The Morgan fingerprint density at radius 2 is 2.10 bits per heavy atom. The van der Waals surface area contributed by atoms with E-state index in [0.717, 1.165) is 25.7 Å². The highest BCUT2D eigenvalue weighted by molar-refractivity contribution is 5.05. The van der Waals surface area contributed by atoms with Crippen molar-refractivity contribution >= 4 is 0 Å². The summed E-state index contributed by atoms with van der Waals surface area (Å²) in [5.74, 6) is 3.55. The van der Waals surface area contributed by atoms with Crippen molar-refractivity contribution in [3.8, 4) is 12.3 Å². The lowest BCUT2D eigenvalue weighted by Gasteiger charge is -2.29. The van der Waals surface area contributed by atoms with Crippen LogP contribution in [0.5, 0.6) is 0 Å². The molecule has 2 rings (SSSR count). The highest BCUT2D eigenvalue weighted by atomic mass is 16.5. The van der Waals surface area contributed by atoms with E-state index in [1.807, 2.05) is 6.92 Å². The molecule has 0 aliphatic heterocycles. The van der Waals surface area contributed by atoms with Crippen LogP contribution in [-0.2, 0) is 10.3 Å². The summed E-state index contributed by atoms with van der Waals surface area (Å²) in [6, 6.07) is -0.397. The molecule has 5 heteroatoms. The van der Waals surface area contributed by atoms with Gasteiger partial charge in [-0.05, 0) is 19.8 Å². The van der Waals surface area contributed by atoms with E-state index in [-0.39, 0.29) is 0 Å². The molecule has 1 unspecified atom stereocenters. The van der Waals surface area contributed by atoms with Gasteiger partial charge in [0, 0.05) is 13.0 Å². The van der Waals surface area contributed by atoms with Gasteiger partial charge in [0.25, 0.3) is 0 Å². The van der Waals surface area contributed by atoms with Gasteiger partial charge in [-0.25, -0.2) is 0 Å². The van der Waals surface area contributed by atoms with Gasteiger partial charge < -0.3 is 15.0 Å². The Labute approximate surface area is 120 Å². The van der Waals surface area contributed by atoms with Crippen LogP contribution in [0.4, 0.5) is 0 Å². The molecule has 0 radical (unpaired) electrons. The minimum atomic E-state index is -0.414. The molecule has 1 atom stereocenters. The zero-order valence-corrected chi connectivity index (χ0v) is 12.1. The number of terminal acetylenes is 1. The zero-order chi connectivity index (χ0) is 14.4. The monoisotopic (exact) mass is 277 g/mol. The summed E-state index contributed by atoms with van der Waals surface area (Å²) in [5.41, 5.74) is 5.50. The lowest BCUT2D eigenvalue weighted by atomic mass is 9.93. The molecule has 110 valence electrons. The molecular weight excluding hydrogens is 254 g/mol. The Hall–Kier alpha value is -1.38. The molecule has 5 nitrogen and oxygen atoms in total. The highest BCUT2D eigenvalue weighted by Gasteiger charge is 2.38. The van der Waals surface area contributed by atoms with Crippen molar-refractivity contribution in [2.24, 2.45) is 5.73 Å². The van der Waals surface area contributed by atoms with Crippen LogP contribution in [0.3, 0.4) is 0 Å². The smallest absolute Gasteiger partial charge is 0.244 e. The minimum Gasteiger partial charge on any atom is -0.367 e. The van der Waals surface area contributed by atoms with Gasteiger partial charge in [-0.2, -0.15) is 4.98 Å². The van der Waals surface area contributed by atoms with E-state index in [9.17, 15) is 0 Å². The number of nitrogens with two attached hydrogens (primary N) is 1. The molecule has 1 aliphatic rings. The van der Waals surface area contributed by atoms with Crippen LogP contribution in [0.2, 0.25) is 0 Å². The molecule has 0 amide bonds. The van der Waals surface area contributed by atoms with Crippen molar-refractivity contribution in [2.45, 2.75) is 63.5 Å². The van der Waals surface area contributed by atoms with Crippen LogP contribution in [-0.4, -0.2) is 16.7 Å². The van der Waals surface area contributed by atoms with E-state index in [4.69, 9.17) is 21.4 Å². The van der Waals surface area contributed by atoms with Crippen LogP contribution < -0.4 is 5.73 Å². The fourth-order valence-corrected chi connectivity index (χ4v) is 2.79. The largest absolute Gasteiger partial charge is 0.367 e. The third kappa shape index (κ3) is 3.20. The molecule has 0 saturated heterocycles. The highest BCUT2D eigenvalue weighted by Crippen LogP contribution is 2.38. The van der Waals surface area contributed by atoms with E-state index < -0.39 is 11.6 Å². The Morgan fingerprint density at radius 3 is 2.70 bits per heavy atom. The van der Waals surface area contributed by atoms with Gasteiger partial charge in [-0.1, -0.05) is 30.8 Å². The fourth-order valence-electron chi connectivity index (χ4n) is 2.79. The maximum Gasteiger partial charge on any atom is 0.244 e. The summed E-state index contributed by atoms with van der Waals surface area (Å²) in [5, 5.41) is 4.12. The molecular formula is C15H23N3O2. The van der Waals surface area contributed by atoms with Gasteiger partial charge in [-0.15, -0.1) is 12.3 Å². The van der Waals surface area contributed by atoms with Gasteiger partial charge in [0.05, 0.1) is 6.04 Å². The number of rotatable bonds is 5. The predicted octanol–water partition coefficient (Wildman–Crippen LogP) is 2.68. The normalized spacial score (nSPS) is 20.1. The number of nitrogens with zero attached hydrogens (tertiary/aromatic N) is 2. The lowest BCUT2D eigenvalue weighted by Crippen LogP contribution is -2.31. The molecule has 0 aromatic carbocycles. The standard InChI is InChI=1S/C15H23N3O2/c1-3-9-12(16)13-17-14(18-20-13)15(19-4-2)10-7-5-6-8-11-15/h1,12H,4-11,16H2,2H3. The Bertz CT molecular complexity index is 456. The van der Waals surface area contributed by atoms with Gasteiger partial charge in [0.2, 0.25) is 11.7 Å². The second-order valence-electron chi connectivity index (χ2n) is 5.31. The second-order valence-corrected chi connectivity index (χ2v) is 5.31. The van der Waals surface area contributed by atoms with Gasteiger partial charge in [0.15, 0.2) is 0 Å². The first kappa shape index (κ1) is 15.0. The Balaban J connectivity index is 2.23. The number of ether oxygens (including phenoxy) is 1. The maximum absolute atomic E-state index is 6.02. The first-order valence-electron chi connectivity index (χ1n) is 7.39. The van der Waals surface area contributed by atoms with E-state index in [1.54, 1.807) is 0 Å². The van der Waals surface area contributed by atoms with Crippen molar-refractivity contribution in [3.63, 3.8) is 0 Å². The first-order chi connectivity index (χ1) is 9.72. The van der Waals surface area contributed by atoms with E-state index in [0.29, 0.717) is 24.7 Å². The van der Waals surface area contributed by atoms with Gasteiger partial charge in [-0.3, -0.25) is 0 Å². The molecule has 0 spiro atoms. The topological polar surface area (TPSA) is 74.2 Å².